The molecule has 0 saturated carbocycles. The van der Waals surface area contributed by atoms with Crippen molar-refractivity contribution in [1.29, 1.82) is 0 Å². The Morgan fingerprint density at radius 3 is 2.67 bits per heavy atom. The highest BCUT2D eigenvalue weighted by Gasteiger charge is 2.37. The minimum Gasteiger partial charge on any atom is -0.497 e. The summed E-state index contributed by atoms with van der Waals surface area (Å²) in [6.45, 7) is 1.05. The van der Waals surface area contributed by atoms with Crippen LogP contribution in [-0.2, 0) is 0 Å². The van der Waals surface area contributed by atoms with Gasteiger partial charge in [0.1, 0.15) is 5.75 Å². The van der Waals surface area contributed by atoms with Crippen LogP contribution in [0, 0.1) is 0 Å². The van der Waals surface area contributed by atoms with Crippen LogP contribution in [0.2, 0.25) is 0 Å². The minimum absolute atomic E-state index is 0.476. The fourth-order valence-corrected chi connectivity index (χ4v) is 3.68. The number of nitrogens with one attached hydrogen (secondary N) is 1. The highest BCUT2D eigenvalue weighted by atomic mass is 16.5. The van der Waals surface area contributed by atoms with Crippen LogP contribution in [0.4, 0.5) is 11.4 Å². The number of fused-ring (bicyclic) bond motifs is 3. The Morgan fingerprint density at radius 1 is 1.05 bits per heavy atom. The molecule has 0 unspecified atom stereocenters. The molecule has 3 heteroatoms. The Bertz CT molecular complexity index is 638. The molecule has 21 heavy (non-hydrogen) atoms. The molecule has 1 saturated heterocycles. The lowest BCUT2D eigenvalue weighted by atomic mass is 10.0. The molecule has 2 atom stereocenters. The zero-order valence-electron chi connectivity index (χ0n) is 12.3. The van der Waals surface area contributed by atoms with Crippen molar-refractivity contribution < 1.29 is 4.74 Å². The second kappa shape index (κ2) is 4.99. The summed E-state index contributed by atoms with van der Waals surface area (Å²) in [6, 6.07) is 18.3. The van der Waals surface area contributed by atoms with Crippen LogP contribution in [0.3, 0.4) is 0 Å². The number of hydrogen-bond acceptors (Lipinski definition) is 3. The molecular formula is C18H20N2O. The highest BCUT2D eigenvalue weighted by Crippen LogP contribution is 2.45. The molecule has 2 aromatic rings. The molecule has 2 heterocycles. The predicted octanol–water partition coefficient (Wildman–Crippen LogP) is 3.83. The molecule has 0 aromatic heterocycles. The van der Waals surface area contributed by atoms with Crippen molar-refractivity contribution in [3.63, 3.8) is 0 Å². The quantitative estimate of drug-likeness (QED) is 0.904. The summed E-state index contributed by atoms with van der Waals surface area (Å²) in [5, 5.41) is 3.56. The van der Waals surface area contributed by atoms with Gasteiger partial charge in [0.2, 0.25) is 0 Å². The first-order valence-corrected chi connectivity index (χ1v) is 7.62. The monoisotopic (exact) mass is 280 g/mol. The van der Waals surface area contributed by atoms with Crippen LogP contribution in [0.1, 0.15) is 24.4 Å². The molecule has 0 bridgehead atoms. The number of anilines is 2. The smallest absolute Gasteiger partial charge is 0.118 e. The first-order valence-electron chi connectivity index (χ1n) is 7.62. The van der Waals surface area contributed by atoms with E-state index in [1.807, 2.05) is 0 Å². The Kier molecular flexibility index (Phi) is 2.99. The third-order valence-electron chi connectivity index (χ3n) is 4.71. The second-order valence-corrected chi connectivity index (χ2v) is 5.83. The largest absolute Gasteiger partial charge is 0.497 e. The predicted molar refractivity (Wildman–Crippen MR) is 86.2 cm³/mol. The maximum absolute atomic E-state index is 5.27. The molecule has 2 aliphatic rings. The van der Waals surface area contributed by atoms with E-state index in [4.69, 9.17) is 4.74 Å². The number of para-hydroxylation sites is 2. The van der Waals surface area contributed by atoms with Crippen LogP contribution in [0.25, 0.3) is 0 Å². The normalized spacial score (nSPS) is 23.2. The van der Waals surface area contributed by atoms with Gasteiger partial charge in [-0.3, -0.25) is 0 Å². The van der Waals surface area contributed by atoms with E-state index in [1.54, 1.807) is 7.11 Å². The van der Waals surface area contributed by atoms with Crippen molar-refractivity contribution in [2.75, 3.05) is 23.9 Å². The Balaban J connectivity index is 1.71. The second-order valence-electron chi connectivity index (χ2n) is 5.83. The SMILES string of the molecule is COc1ccc([C@@H]2CC[C@@H]3CNc4ccccc4N32)cc1. The summed E-state index contributed by atoms with van der Waals surface area (Å²) < 4.78 is 5.27. The fraction of sp³-hybridized carbons (Fsp3) is 0.333. The van der Waals surface area contributed by atoms with Crippen LogP contribution in [0.5, 0.6) is 5.75 Å². The standard InChI is InChI=1S/C18H20N2O/c1-21-15-9-6-13(7-10-15)17-11-8-14-12-19-16-4-2-3-5-18(16)20(14)17/h2-7,9-10,14,17,19H,8,11-12H2,1H3/t14-,17+/m1/s1. The zero-order chi connectivity index (χ0) is 14.2. The van der Waals surface area contributed by atoms with Gasteiger partial charge in [0.05, 0.1) is 24.5 Å². The average molecular weight is 280 g/mol. The number of ether oxygens (including phenoxy) is 1. The number of benzene rings is 2. The summed E-state index contributed by atoms with van der Waals surface area (Å²) in [5.74, 6) is 0.925. The van der Waals surface area contributed by atoms with Crippen molar-refractivity contribution in [3.05, 3.63) is 54.1 Å². The van der Waals surface area contributed by atoms with Crippen LogP contribution in [0.15, 0.2) is 48.5 Å². The third kappa shape index (κ3) is 2.04. The number of nitrogens with zero attached hydrogens (tertiary/aromatic N) is 1. The van der Waals surface area contributed by atoms with Gasteiger partial charge in [0, 0.05) is 12.6 Å². The fourth-order valence-electron chi connectivity index (χ4n) is 3.68. The van der Waals surface area contributed by atoms with Crippen molar-refractivity contribution in [3.8, 4) is 5.75 Å². The van der Waals surface area contributed by atoms with Gasteiger partial charge in [-0.05, 0) is 42.7 Å². The zero-order valence-corrected chi connectivity index (χ0v) is 12.3. The van der Waals surface area contributed by atoms with E-state index in [0.717, 1.165) is 12.3 Å². The van der Waals surface area contributed by atoms with E-state index in [2.05, 4.69) is 58.7 Å². The summed E-state index contributed by atoms with van der Waals surface area (Å²) in [5.41, 5.74) is 3.98. The van der Waals surface area contributed by atoms with Crippen molar-refractivity contribution in [2.45, 2.75) is 24.9 Å². The summed E-state index contributed by atoms with van der Waals surface area (Å²) in [6.07, 6.45) is 2.46. The molecule has 2 aromatic carbocycles. The molecule has 0 aliphatic carbocycles. The van der Waals surface area contributed by atoms with Crippen molar-refractivity contribution in [1.82, 2.24) is 0 Å². The van der Waals surface area contributed by atoms with Gasteiger partial charge in [0.25, 0.3) is 0 Å². The molecule has 1 fully saturated rings. The van der Waals surface area contributed by atoms with Gasteiger partial charge in [0.15, 0.2) is 0 Å². The maximum Gasteiger partial charge on any atom is 0.118 e. The maximum atomic E-state index is 5.27. The Hall–Kier alpha value is -2.16. The van der Waals surface area contributed by atoms with Gasteiger partial charge >= 0.3 is 0 Å². The lowest BCUT2D eigenvalue weighted by molar-refractivity contribution is 0.414. The molecule has 0 amide bonds. The molecule has 0 spiro atoms. The number of methoxy groups -OCH3 is 1. The third-order valence-corrected chi connectivity index (χ3v) is 4.71. The van der Waals surface area contributed by atoms with E-state index in [0.29, 0.717) is 12.1 Å². The molecule has 3 nitrogen and oxygen atoms in total. The van der Waals surface area contributed by atoms with E-state index >= 15 is 0 Å². The first-order chi connectivity index (χ1) is 10.4. The summed E-state index contributed by atoms with van der Waals surface area (Å²) in [7, 11) is 1.72. The highest BCUT2D eigenvalue weighted by molar-refractivity contribution is 5.74. The van der Waals surface area contributed by atoms with Gasteiger partial charge in [-0.2, -0.15) is 0 Å². The van der Waals surface area contributed by atoms with E-state index in [9.17, 15) is 0 Å². The van der Waals surface area contributed by atoms with E-state index < -0.39 is 0 Å². The lowest BCUT2D eigenvalue weighted by Crippen LogP contribution is -2.40. The minimum atomic E-state index is 0.476. The first kappa shape index (κ1) is 12.6. The topological polar surface area (TPSA) is 24.5 Å². The molecule has 108 valence electrons. The molecule has 4 rings (SSSR count). The van der Waals surface area contributed by atoms with E-state index in [-0.39, 0.29) is 0 Å². The molecular weight excluding hydrogens is 260 g/mol. The van der Waals surface area contributed by atoms with Crippen molar-refractivity contribution >= 4 is 11.4 Å². The lowest BCUT2D eigenvalue weighted by Gasteiger charge is -2.38. The number of rotatable bonds is 2. The molecule has 0 radical (unpaired) electrons. The number of hydrogen-bond donors (Lipinski definition) is 1. The van der Waals surface area contributed by atoms with Crippen molar-refractivity contribution in [2.24, 2.45) is 0 Å². The van der Waals surface area contributed by atoms with Gasteiger partial charge in [-0.25, -0.2) is 0 Å². The van der Waals surface area contributed by atoms with Crippen LogP contribution < -0.4 is 15.0 Å². The molecule has 1 N–H and O–H groups in total. The Morgan fingerprint density at radius 2 is 1.86 bits per heavy atom. The summed E-state index contributed by atoms with van der Waals surface area (Å²) in [4.78, 5) is 2.60. The average Bonchev–Trinajstić information content (AvgIpc) is 2.99. The Labute approximate surface area is 125 Å². The van der Waals surface area contributed by atoms with Gasteiger partial charge in [-0.15, -0.1) is 0 Å². The van der Waals surface area contributed by atoms with Crippen LogP contribution in [-0.4, -0.2) is 19.7 Å². The van der Waals surface area contributed by atoms with Crippen LogP contribution >= 0.6 is 0 Å². The molecule has 2 aliphatic heterocycles. The summed E-state index contributed by atoms with van der Waals surface area (Å²) >= 11 is 0. The van der Waals surface area contributed by atoms with E-state index in [1.165, 1.54) is 29.8 Å². The van der Waals surface area contributed by atoms with Gasteiger partial charge in [-0.1, -0.05) is 24.3 Å². The van der Waals surface area contributed by atoms with Gasteiger partial charge < -0.3 is 15.0 Å².